The Hall–Kier alpha value is -1.35. The molecule has 102 valence electrons. The largest absolute Gasteiger partial charge is 0.308 e. The molecule has 1 aromatic carbocycles. The minimum Gasteiger partial charge on any atom is -0.308 e. The Morgan fingerprint density at radius 2 is 2.00 bits per heavy atom. The number of hydrogen-bond acceptors (Lipinski definition) is 2. The van der Waals surface area contributed by atoms with Gasteiger partial charge in [-0.2, -0.15) is 5.10 Å². The summed E-state index contributed by atoms with van der Waals surface area (Å²) in [7, 11) is 0. The predicted octanol–water partition coefficient (Wildman–Crippen LogP) is 3.48. The highest BCUT2D eigenvalue weighted by Crippen LogP contribution is 2.20. The van der Waals surface area contributed by atoms with Crippen molar-refractivity contribution in [2.45, 2.75) is 58.2 Å². The predicted molar refractivity (Wildman–Crippen MR) is 79.1 cm³/mol. The van der Waals surface area contributed by atoms with Crippen LogP contribution in [0.15, 0.2) is 24.3 Å². The van der Waals surface area contributed by atoms with Crippen LogP contribution in [0.4, 0.5) is 0 Å². The number of nitrogens with zero attached hydrogens (tertiary/aromatic N) is 2. The maximum absolute atomic E-state index is 4.75. The first-order valence-electron chi connectivity index (χ1n) is 7.56. The van der Waals surface area contributed by atoms with E-state index in [1.54, 1.807) is 0 Å². The van der Waals surface area contributed by atoms with Gasteiger partial charge in [0.2, 0.25) is 0 Å². The molecule has 1 aliphatic rings. The summed E-state index contributed by atoms with van der Waals surface area (Å²) in [6.07, 6.45) is 6.81. The average molecular weight is 257 g/mol. The van der Waals surface area contributed by atoms with Crippen LogP contribution in [-0.2, 0) is 13.1 Å². The van der Waals surface area contributed by atoms with Crippen LogP contribution in [0.3, 0.4) is 0 Å². The molecule has 3 rings (SSSR count). The van der Waals surface area contributed by atoms with Gasteiger partial charge in [-0.05, 0) is 25.8 Å². The lowest BCUT2D eigenvalue weighted by Crippen LogP contribution is -2.30. The van der Waals surface area contributed by atoms with Crippen molar-refractivity contribution in [2.24, 2.45) is 0 Å². The van der Waals surface area contributed by atoms with Gasteiger partial charge >= 0.3 is 0 Å². The van der Waals surface area contributed by atoms with Crippen LogP contribution in [-0.4, -0.2) is 15.8 Å². The number of aryl methyl sites for hydroxylation is 1. The fourth-order valence-electron chi connectivity index (χ4n) is 3.12. The molecule has 1 aromatic heterocycles. The summed E-state index contributed by atoms with van der Waals surface area (Å²) < 4.78 is 2.10. The summed E-state index contributed by atoms with van der Waals surface area (Å²) >= 11 is 0. The molecular formula is C16H23N3. The van der Waals surface area contributed by atoms with E-state index >= 15 is 0 Å². The number of aromatic nitrogens is 2. The first-order chi connectivity index (χ1) is 9.38. The Morgan fingerprint density at radius 1 is 1.21 bits per heavy atom. The first kappa shape index (κ1) is 12.7. The first-order valence-corrected chi connectivity index (χ1v) is 7.56. The SMILES string of the molecule is CCn1nc(CNC2CCCCC2)c2ccccc21. The lowest BCUT2D eigenvalue weighted by Gasteiger charge is -2.22. The van der Waals surface area contributed by atoms with Gasteiger partial charge in [0.15, 0.2) is 0 Å². The second-order valence-corrected chi connectivity index (χ2v) is 5.50. The maximum Gasteiger partial charge on any atom is 0.0841 e. The van der Waals surface area contributed by atoms with Gasteiger partial charge in [-0.3, -0.25) is 4.68 Å². The van der Waals surface area contributed by atoms with Crippen LogP contribution >= 0.6 is 0 Å². The molecule has 0 aliphatic heterocycles. The molecular weight excluding hydrogens is 234 g/mol. The molecule has 1 fully saturated rings. The van der Waals surface area contributed by atoms with Crippen LogP contribution in [0.2, 0.25) is 0 Å². The molecule has 0 bridgehead atoms. The molecule has 1 aliphatic carbocycles. The second kappa shape index (κ2) is 5.74. The molecule has 1 heterocycles. The zero-order valence-electron chi connectivity index (χ0n) is 11.7. The molecule has 3 nitrogen and oxygen atoms in total. The zero-order chi connectivity index (χ0) is 13.1. The summed E-state index contributed by atoms with van der Waals surface area (Å²) in [6, 6.07) is 9.24. The minimum atomic E-state index is 0.694. The lowest BCUT2D eigenvalue weighted by atomic mass is 9.95. The van der Waals surface area contributed by atoms with Crippen molar-refractivity contribution >= 4 is 10.9 Å². The third kappa shape index (κ3) is 2.66. The van der Waals surface area contributed by atoms with E-state index in [1.165, 1.54) is 48.7 Å². The molecule has 0 unspecified atom stereocenters. The molecule has 0 radical (unpaired) electrons. The van der Waals surface area contributed by atoms with Crippen LogP contribution < -0.4 is 5.32 Å². The minimum absolute atomic E-state index is 0.694. The highest BCUT2D eigenvalue weighted by Gasteiger charge is 2.14. The van der Waals surface area contributed by atoms with Gasteiger partial charge in [0.25, 0.3) is 0 Å². The van der Waals surface area contributed by atoms with Crippen molar-refractivity contribution in [1.82, 2.24) is 15.1 Å². The molecule has 0 spiro atoms. The average Bonchev–Trinajstić information content (AvgIpc) is 2.84. The van der Waals surface area contributed by atoms with E-state index in [0.29, 0.717) is 6.04 Å². The Kier molecular flexibility index (Phi) is 3.83. The lowest BCUT2D eigenvalue weighted by molar-refractivity contribution is 0.370. The maximum atomic E-state index is 4.75. The van der Waals surface area contributed by atoms with Crippen molar-refractivity contribution in [1.29, 1.82) is 0 Å². The molecule has 0 saturated heterocycles. The van der Waals surface area contributed by atoms with Crippen molar-refractivity contribution in [3.63, 3.8) is 0 Å². The monoisotopic (exact) mass is 257 g/mol. The van der Waals surface area contributed by atoms with Crippen LogP contribution in [0.5, 0.6) is 0 Å². The van der Waals surface area contributed by atoms with Gasteiger partial charge in [-0.15, -0.1) is 0 Å². The highest BCUT2D eigenvalue weighted by atomic mass is 15.3. The van der Waals surface area contributed by atoms with Crippen LogP contribution in [0, 0.1) is 0 Å². The van der Waals surface area contributed by atoms with Gasteiger partial charge in [0.1, 0.15) is 0 Å². The fraction of sp³-hybridized carbons (Fsp3) is 0.562. The van der Waals surface area contributed by atoms with Gasteiger partial charge < -0.3 is 5.32 Å². The van der Waals surface area contributed by atoms with E-state index in [4.69, 9.17) is 5.10 Å². The normalized spacial score (nSPS) is 17.1. The third-order valence-corrected chi connectivity index (χ3v) is 4.20. The number of benzene rings is 1. The van der Waals surface area contributed by atoms with Gasteiger partial charge in [-0.25, -0.2) is 0 Å². The highest BCUT2D eigenvalue weighted by molar-refractivity contribution is 5.81. The number of hydrogen-bond donors (Lipinski definition) is 1. The van der Waals surface area contributed by atoms with E-state index < -0.39 is 0 Å². The van der Waals surface area contributed by atoms with Crippen LogP contribution in [0.1, 0.15) is 44.7 Å². The molecule has 0 atom stereocenters. The summed E-state index contributed by atoms with van der Waals surface area (Å²) in [5.74, 6) is 0. The summed E-state index contributed by atoms with van der Waals surface area (Å²) in [4.78, 5) is 0. The van der Waals surface area contributed by atoms with Gasteiger partial charge in [0, 0.05) is 24.5 Å². The van der Waals surface area contributed by atoms with Gasteiger partial charge in [0.05, 0.1) is 11.2 Å². The number of rotatable bonds is 4. The fourth-order valence-corrected chi connectivity index (χ4v) is 3.12. The Bertz CT molecular complexity index is 538. The molecule has 3 heteroatoms. The second-order valence-electron chi connectivity index (χ2n) is 5.50. The molecule has 2 aromatic rings. The van der Waals surface area contributed by atoms with E-state index in [2.05, 4.69) is 41.2 Å². The van der Waals surface area contributed by atoms with Crippen molar-refractivity contribution in [3.05, 3.63) is 30.0 Å². The van der Waals surface area contributed by atoms with E-state index in [1.807, 2.05) is 0 Å². The molecule has 1 saturated carbocycles. The Balaban J connectivity index is 1.76. The van der Waals surface area contributed by atoms with E-state index in [9.17, 15) is 0 Å². The van der Waals surface area contributed by atoms with Crippen molar-refractivity contribution in [2.75, 3.05) is 0 Å². The van der Waals surface area contributed by atoms with Crippen molar-refractivity contribution < 1.29 is 0 Å². The summed E-state index contributed by atoms with van der Waals surface area (Å²) in [6.45, 7) is 3.99. The molecule has 19 heavy (non-hydrogen) atoms. The molecule has 1 N–H and O–H groups in total. The van der Waals surface area contributed by atoms with E-state index in [-0.39, 0.29) is 0 Å². The third-order valence-electron chi connectivity index (χ3n) is 4.20. The van der Waals surface area contributed by atoms with Gasteiger partial charge in [-0.1, -0.05) is 37.5 Å². The quantitative estimate of drug-likeness (QED) is 0.908. The Labute approximate surface area is 115 Å². The number of fused-ring (bicyclic) bond motifs is 1. The Morgan fingerprint density at radius 3 is 2.79 bits per heavy atom. The van der Waals surface area contributed by atoms with Crippen LogP contribution in [0.25, 0.3) is 10.9 Å². The number of nitrogens with one attached hydrogen (secondary N) is 1. The zero-order valence-corrected chi connectivity index (χ0v) is 11.7. The van der Waals surface area contributed by atoms with E-state index in [0.717, 1.165) is 13.1 Å². The summed E-state index contributed by atoms with van der Waals surface area (Å²) in [5, 5.41) is 9.74. The topological polar surface area (TPSA) is 29.9 Å². The summed E-state index contributed by atoms with van der Waals surface area (Å²) in [5.41, 5.74) is 2.45. The molecule has 0 amide bonds. The smallest absolute Gasteiger partial charge is 0.0841 e. The van der Waals surface area contributed by atoms with Crippen molar-refractivity contribution in [3.8, 4) is 0 Å². The number of para-hydroxylation sites is 1. The standard InChI is InChI=1S/C16H23N3/c1-2-19-16-11-7-6-10-14(16)15(18-19)12-17-13-8-4-3-5-9-13/h6-7,10-11,13,17H,2-5,8-9,12H2,1H3.